The van der Waals surface area contributed by atoms with E-state index in [-0.39, 0.29) is 5.91 Å². The molecule has 0 radical (unpaired) electrons. The van der Waals surface area contributed by atoms with Crippen LogP contribution < -0.4 is 15.5 Å². The molecule has 1 aliphatic carbocycles. The Bertz CT molecular complexity index is 681. The van der Waals surface area contributed by atoms with Crippen LogP contribution >= 0.6 is 0 Å². The molecule has 0 atom stereocenters. The molecule has 3 rings (SSSR count). The van der Waals surface area contributed by atoms with Crippen molar-refractivity contribution in [2.75, 3.05) is 38.8 Å². The summed E-state index contributed by atoms with van der Waals surface area (Å²) in [6.45, 7) is 3.29. The Balaban J connectivity index is 1.49. The molecule has 2 aliphatic rings. The lowest BCUT2D eigenvalue weighted by atomic mass is 9.83. The van der Waals surface area contributed by atoms with Gasteiger partial charge in [-0.05, 0) is 55.2 Å². The Morgan fingerprint density at radius 3 is 2.55 bits per heavy atom. The Hall–Kier alpha value is -2.08. The van der Waals surface area contributed by atoms with Crippen molar-refractivity contribution in [1.29, 1.82) is 0 Å². The molecular formula is C23H36N4O2. The van der Waals surface area contributed by atoms with Gasteiger partial charge in [-0.15, -0.1) is 0 Å². The van der Waals surface area contributed by atoms with Crippen LogP contribution in [-0.4, -0.2) is 45.7 Å². The Morgan fingerprint density at radius 2 is 1.90 bits per heavy atom. The molecule has 29 heavy (non-hydrogen) atoms. The molecule has 1 aromatic carbocycles. The lowest BCUT2D eigenvalue weighted by molar-refractivity contribution is -0.119. The summed E-state index contributed by atoms with van der Waals surface area (Å²) in [5, 5.41) is 6.95. The molecule has 0 aromatic heterocycles. The van der Waals surface area contributed by atoms with Crippen LogP contribution in [0.15, 0.2) is 29.3 Å². The number of guanidine groups is 1. The SMILES string of the molecule is CN=C(NCc1ccc(N2CCCCC2=O)cc1)NCC1(CCOC)CCCC1. The first-order valence-electron chi connectivity index (χ1n) is 11.0. The van der Waals surface area contributed by atoms with Gasteiger partial charge in [0.05, 0.1) is 0 Å². The summed E-state index contributed by atoms with van der Waals surface area (Å²) in [6, 6.07) is 8.28. The maximum absolute atomic E-state index is 12.1. The minimum absolute atomic E-state index is 0.237. The normalized spacial score (nSPS) is 19.4. The number of hydrogen-bond donors (Lipinski definition) is 2. The van der Waals surface area contributed by atoms with Crippen LogP contribution in [-0.2, 0) is 16.1 Å². The fourth-order valence-corrected chi connectivity index (χ4v) is 4.51. The number of benzene rings is 1. The number of ether oxygens (including phenoxy) is 1. The second-order valence-electron chi connectivity index (χ2n) is 8.40. The van der Waals surface area contributed by atoms with Crippen LogP contribution in [0.5, 0.6) is 0 Å². The number of rotatable bonds is 8. The van der Waals surface area contributed by atoms with E-state index in [4.69, 9.17) is 4.74 Å². The van der Waals surface area contributed by atoms with Crippen LogP contribution in [0.1, 0.15) is 56.9 Å². The molecule has 1 aromatic rings. The molecule has 2 N–H and O–H groups in total. The van der Waals surface area contributed by atoms with E-state index < -0.39 is 0 Å². The number of piperidine rings is 1. The molecule has 2 fully saturated rings. The van der Waals surface area contributed by atoms with E-state index in [2.05, 4.69) is 39.9 Å². The van der Waals surface area contributed by atoms with Crippen molar-refractivity contribution in [3.63, 3.8) is 0 Å². The quantitative estimate of drug-likeness (QED) is 0.518. The highest BCUT2D eigenvalue weighted by Gasteiger charge is 2.33. The molecule has 1 heterocycles. The zero-order chi connectivity index (χ0) is 20.5. The van der Waals surface area contributed by atoms with Crippen LogP contribution in [0.25, 0.3) is 0 Å². The summed E-state index contributed by atoms with van der Waals surface area (Å²) in [4.78, 5) is 18.4. The minimum Gasteiger partial charge on any atom is -0.385 e. The highest BCUT2D eigenvalue weighted by molar-refractivity contribution is 5.93. The molecule has 1 aliphatic heterocycles. The van der Waals surface area contributed by atoms with Gasteiger partial charge in [-0.1, -0.05) is 25.0 Å². The van der Waals surface area contributed by atoms with Gasteiger partial charge < -0.3 is 20.3 Å². The highest BCUT2D eigenvalue weighted by atomic mass is 16.5. The maximum Gasteiger partial charge on any atom is 0.226 e. The van der Waals surface area contributed by atoms with Crippen molar-refractivity contribution in [3.05, 3.63) is 29.8 Å². The third kappa shape index (κ3) is 5.95. The molecule has 0 unspecified atom stereocenters. The van der Waals surface area contributed by atoms with Crippen LogP contribution in [0, 0.1) is 5.41 Å². The number of amides is 1. The van der Waals surface area contributed by atoms with E-state index in [1.165, 1.54) is 31.2 Å². The van der Waals surface area contributed by atoms with Gasteiger partial charge in [-0.25, -0.2) is 0 Å². The van der Waals surface area contributed by atoms with E-state index in [0.717, 1.165) is 50.6 Å². The fourth-order valence-electron chi connectivity index (χ4n) is 4.51. The molecule has 0 bridgehead atoms. The van der Waals surface area contributed by atoms with Gasteiger partial charge in [0.2, 0.25) is 5.91 Å². The molecule has 1 amide bonds. The highest BCUT2D eigenvalue weighted by Crippen LogP contribution is 2.40. The van der Waals surface area contributed by atoms with E-state index in [1.54, 1.807) is 7.11 Å². The summed E-state index contributed by atoms with van der Waals surface area (Å²) >= 11 is 0. The standard InChI is InChI=1S/C23H36N4O2/c1-24-22(26-18-23(14-16-29-2)12-4-5-13-23)25-17-19-8-10-20(11-9-19)27-15-6-3-7-21(27)28/h8-11H,3-7,12-18H2,1-2H3,(H2,24,25,26). The lowest BCUT2D eigenvalue weighted by Gasteiger charge is -2.30. The summed E-state index contributed by atoms with van der Waals surface area (Å²) in [5.74, 6) is 1.07. The Morgan fingerprint density at radius 1 is 1.14 bits per heavy atom. The van der Waals surface area contributed by atoms with E-state index >= 15 is 0 Å². The number of hydrogen-bond acceptors (Lipinski definition) is 3. The largest absolute Gasteiger partial charge is 0.385 e. The number of anilines is 1. The van der Waals surface area contributed by atoms with Crippen molar-refractivity contribution in [2.45, 2.75) is 57.9 Å². The monoisotopic (exact) mass is 400 g/mol. The first kappa shape index (κ1) is 21.6. The predicted octanol–water partition coefficient (Wildman–Crippen LogP) is 3.47. The van der Waals surface area contributed by atoms with Gasteiger partial charge in [0, 0.05) is 52.5 Å². The zero-order valence-corrected chi connectivity index (χ0v) is 18.0. The number of carbonyl (C=O) groups is 1. The average molecular weight is 401 g/mol. The predicted molar refractivity (Wildman–Crippen MR) is 118 cm³/mol. The van der Waals surface area contributed by atoms with Gasteiger partial charge in [-0.3, -0.25) is 9.79 Å². The molecule has 6 heteroatoms. The number of nitrogens with zero attached hydrogens (tertiary/aromatic N) is 2. The van der Waals surface area contributed by atoms with Crippen molar-refractivity contribution in [3.8, 4) is 0 Å². The molecule has 1 saturated heterocycles. The molecule has 6 nitrogen and oxygen atoms in total. The van der Waals surface area contributed by atoms with Crippen LogP contribution in [0.4, 0.5) is 5.69 Å². The van der Waals surface area contributed by atoms with Crippen molar-refractivity contribution < 1.29 is 9.53 Å². The second kappa shape index (κ2) is 10.6. The van der Waals surface area contributed by atoms with Gasteiger partial charge in [0.25, 0.3) is 0 Å². The lowest BCUT2D eigenvalue weighted by Crippen LogP contribution is -2.43. The second-order valence-corrected chi connectivity index (χ2v) is 8.40. The first-order valence-corrected chi connectivity index (χ1v) is 11.0. The smallest absolute Gasteiger partial charge is 0.226 e. The summed E-state index contributed by atoms with van der Waals surface area (Å²) < 4.78 is 5.33. The average Bonchev–Trinajstić information content (AvgIpc) is 3.22. The molecule has 1 saturated carbocycles. The van der Waals surface area contributed by atoms with Crippen molar-refractivity contribution in [1.82, 2.24) is 10.6 Å². The van der Waals surface area contributed by atoms with Gasteiger partial charge >= 0.3 is 0 Å². The van der Waals surface area contributed by atoms with Gasteiger partial charge in [-0.2, -0.15) is 0 Å². The van der Waals surface area contributed by atoms with Crippen LogP contribution in [0.3, 0.4) is 0 Å². The topological polar surface area (TPSA) is 66.0 Å². The van der Waals surface area contributed by atoms with Crippen LogP contribution in [0.2, 0.25) is 0 Å². The number of carbonyl (C=O) groups excluding carboxylic acids is 1. The van der Waals surface area contributed by atoms with Gasteiger partial charge in [0.15, 0.2) is 5.96 Å². The van der Waals surface area contributed by atoms with Gasteiger partial charge in [0.1, 0.15) is 0 Å². The Kier molecular flexibility index (Phi) is 7.92. The number of methoxy groups -OCH3 is 1. The molecule has 0 spiro atoms. The summed E-state index contributed by atoms with van der Waals surface area (Å²) in [7, 11) is 3.60. The molecule has 160 valence electrons. The number of aliphatic imine (C=N–C) groups is 1. The van der Waals surface area contributed by atoms with Crippen molar-refractivity contribution >= 4 is 17.6 Å². The summed E-state index contributed by atoms with van der Waals surface area (Å²) in [5.41, 5.74) is 2.51. The maximum atomic E-state index is 12.1. The minimum atomic E-state index is 0.237. The van der Waals surface area contributed by atoms with E-state index in [9.17, 15) is 4.79 Å². The van der Waals surface area contributed by atoms with E-state index in [0.29, 0.717) is 18.4 Å². The van der Waals surface area contributed by atoms with Crippen molar-refractivity contribution in [2.24, 2.45) is 10.4 Å². The van der Waals surface area contributed by atoms with E-state index in [1.807, 2.05) is 11.9 Å². The third-order valence-electron chi connectivity index (χ3n) is 6.39. The zero-order valence-electron chi connectivity index (χ0n) is 18.0. The first-order chi connectivity index (χ1) is 14.2. The number of nitrogens with one attached hydrogen (secondary N) is 2. The Labute approximate surface area is 175 Å². The molecular weight excluding hydrogens is 364 g/mol. The fraction of sp³-hybridized carbons (Fsp3) is 0.652. The third-order valence-corrected chi connectivity index (χ3v) is 6.39. The summed E-state index contributed by atoms with van der Waals surface area (Å²) in [6.07, 6.45) is 9.00.